The summed E-state index contributed by atoms with van der Waals surface area (Å²) in [4.78, 5) is 0. The zero-order valence-corrected chi connectivity index (χ0v) is 10.6. The van der Waals surface area contributed by atoms with Crippen molar-refractivity contribution in [1.29, 1.82) is 0 Å². The SMILES string of the molecule is COc1ccc(Nc2cc(F)c(C)cc2F)c(N)c1. The highest BCUT2D eigenvalue weighted by Gasteiger charge is 2.09. The normalized spacial score (nSPS) is 10.3. The Morgan fingerprint density at radius 3 is 2.42 bits per heavy atom. The summed E-state index contributed by atoms with van der Waals surface area (Å²) in [7, 11) is 1.52. The van der Waals surface area contributed by atoms with Gasteiger partial charge in [0.1, 0.15) is 17.4 Å². The van der Waals surface area contributed by atoms with Crippen molar-refractivity contribution in [3.05, 3.63) is 47.5 Å². The number of hydrogen-bond acceptors (Lipinski definition) is 3. The molecule has 0 aliphatic carbocycles. The van der Waals surface area contributed by atoms with E-state index in [1.54, 1.807) is 18.2 Å². The van der Waals surface area contributed by atoms with Gasteiger partial charge in [-0.05, 0) is 30.7 Å². The Morgan fingerprint density at radius 1 is 1.05 bits per heavy atom. The molecule has 3 N–H and O–H groups in total. The van der Waals surface area contributed by atoms with Crippen molar-refractivity contribution < 1.29 is 13.5 Å². The van der Waals surface area contributed by atoms with Gasteiger partial charge in [-0.15, -0.1) is 0 Å². The number of benzene rings is 2. The molecule has 0 bridgehead atoms. The zero-order chi connectivity index (χ0) is 14.0. The molecule has 0 amide bonds. The lowest BCUT2D eigenvalue weighted by atomic mass is 10.2. The van der Waals surface area contributed by atoms with Crippen LogP contribution in [0, 0.1) is 18.6 Å². The van der Waals surface area contributed by atoms with E-state index in [4.69, 9.17) is 10.5 Å². The third-order valence-electron chi connectivity index (χ3n) is 2.78. The molecule has 0 saturated carbocycles. The summed E-state index contributed by atoms with van der Waals surface area (Å²) in [5.74, 6) is -0.413. The van der Waals surface area contributed by atoms with E-state index in [1.165, 1.54) is 14.0 Å². The first-order chi connectivity index (χ1) is 9.01. The molecular weight excluding hydrogens is 250 g/mol. The van der Waals surface area contributed by atoms with Crippen LogP contribution in [0.4, 0.5) is 25.8 Å². The maximum absolute atomic E-state index is 13.7. The average molecular weight is 264 g/mol. The largest absolute Gasteiger partial charge is 0.497 e. The van der Waals surface area contributed by atoms with Crippen molar-refractivity contribution in [3.8, 4) is 5.75 Å². The van der Waals surface area contributed by atoms with Crippen LogP contribution in [0.25, 0.3) is 0 Å². The Bertz CT molecular complexity index is 615. The molecule has 0 aliphatic heterocycles. The molecule has 100 valence electrons. The molecule has 0 saturated heterocycles. The van der Waals surface area contributed by atoms with E-state index in [0.29, 0.717) is 17.1 Å². The first kappa shape index (κ1) is 13.1. The van der Waals surface area contributed by atoms with E-state index in [2.05, 4.69) is 5.32 Å². The lowest BCUT2D eigenvalue weighted by molar-refractivity contribution is 0.415. The van der Waals surface area contributed by atoms with Crippen molar-refractivity contribution in [2.75, 3.05) is 18.2 Å². The highest BCUT2D eigenvalue weighted by molar-refractivity contribution is 5.74. The Morgan fingerprint density at radius 2 is 1.79 bits per heavy atom. The van der Waals surface area contributed by atoms with Gasteiger partial charge in [0.2, 0.25) is 0 Å². The summed E-state index contributed by atoms with van der Waals surface area (Å²) < 4.78 is 32.1. The molecule has 0 spiro atoms. The molecule has 0 atom stereocenters. The molecule has 5 heteroatoms. The Balaban J connectivity index is 2.33. The van der Waals surface area contributed by atoms with Gasteiger partial charge in [-0.25, -0.2) is 8.78 Å². The number of methoxy groups -OCH3 is 1. The third kappa shape index (κ3) is 2.76. The highest BCUT2D eigenvalue weighted by Crippen LogP contribution is 2.29. The summed E-state index contributed by atoms with van der Waals surface area (Å²) in [5.41, 5.74) is 6.98. The second-order valence-electron chi connectivity index (χ2n) is 4.16. The smallest absolute Gasteiger partial charge is 0.147 e. The quantitative estimate of drug-likeness (QED) is 0.832. The molecule has 0 heterocycles. The van der Waals surface area contributed by atoms with Crippen molar-refractivity contribution in [3.63, 3.8) is 0 Å². The number of hydrogen-bond donors (Lipinski definition) is 2. The molecule has 0 aromatic heterocycles. The van der Waals surface area contributed by atoms with E-state index < -0.39 is 11.6 Å². The van der Waals surface area contributed by atoms with Crippen LogP contribution in [0.15, 0.2) is 30.3 Å². The molecule has 0 radical (unpaired) electrons. The molecule has 3 nitrogen and oxygen atoms in total. The number of halogens is 2. The number of nitrogens with one attached hydrogen (secondary N) is 1. The minimum Gasteiger partial charge on any atom is -0.497 e. The number of rotatable bonds is 3. The van der Waals surface area contributed by atoms with Crippen LogP contribution in [-0.4, -0.2) is 7.11 Å². The molecule has 2 aromatic carbocycles. The summed E-state index contributed by atoms with van der Waals surface area (Å²) >= 11 is 0. The van der Waals surface area contributed by atoms with Gasteiger partial charge >= 0.3 is 0 Å². The first-order valence-corrected chi connectivity index (χ1v) is 5.67. The van der Waals surface area contributed by atoms with Crippen LogP contribution in [-0.2, 0) is 0 Å². The van der Waals surface area contributed by atoms with E-state index in [9.17, 15) is 8.78 Å². The van der Waals surface area contributed by atoms with Crippen molar-refractivity contribution in [2.45, 2.75) is 6.92 Å². The second-order valence-corrected chi connectivity index (χ2v) is 4.16. The summed E-state index contributed by atoms with van der Waals surface area (Å²) in [6, 6.07) is 7.17. The second kappa shape index (κ2) is 5.14. The average Bonchev–Trinajstić information content (AvgIpc) is 2.38. The van der Waals surface area contributed by atoms with Crippen LogP contribution < -0.4 is 15.8 Å². The van der Waals surface area contributed by atoms with Crippen molar-refractivity contribution in [1.82, 2.24) is 0 Å². The van der Waals surface area contributed by atoms with Crippen LogP contribution >= 0.6 is 0 Å². The van der Waals surface area contributed by atoms with E-state index in [-0.39, 0.29) is 11.3 Å². The van der Waals surface area contributed by atoms with Crippen LogP contribution in [0.1, 0.15) is 5.56 Å². The summed E-state index contributed by atoms with van der Waals surface area (Å²) in [6.07, 6.45) is 0. The van der Waals surface area contributed by atoms with Gasteiger partial charge in [-0.1, -0.05) is 0 Å². The van der Waals surface area contributed by atoms with Crippen molar-refractivity contribution >= 4 is 17.1 Å². The molecule has 2 aromatic rings. The highest BCUT2D eigenvalue weighted by atomic mass is 19.1. The van der Waals surface area contributed by atoms with Gasteiger partial charge in [0, 0.05) is 12.1 Å². The van der Waals surface area contributed by atoms with Gasteiger partial charge in [0.25, 0.3) is 0 Å². The number of ether oxygens (including phenoxy) is 1. The van der Waals surface area contributed by atoms with E-state index in [1.807, 2.05) is 0 Å². The Labute approximate surface area is 110 Å². The number of nitrogen functional groups attached to an aromatic ring is 1. The molecule has 0 unspecified atom stereocenters. The number of anilines is 3. The minimum atomic E-state index is -0.533. The maximum Gasteiger partial charge on any atom is 0.147 e. The fraction of sp³-hybridized carbons (Fsp3) is 0.143. The van der Waals surface area contributed by atoms with Crippen LogP contribution in [0.2, 0.25) is 0 Å². The van der Waals surface area contributed by atoms with Gasteiger partial charge in [-0.2, -0.15) is 0 Å². The summed E-state index contributed by atoms with van der Waals surface area (Å²) in [6.45, 7) is 1.50. The lowest BCUT2D eigenvalue weighted by Gasteiger charge is -2.12. The topological polar surface area (TPSA) is 47.3 Å². The standard InChI is InChI=1S/C14H14F2N2O/c1-8-5-11(16)14(7-10(8)15)18-13-4-3-9(19-2)6-12(13)17/h3-7,18H,17H2,1-2H3. The monoisotopic (exact) mass is 264 g/mol. The zero-order valence-electron chi connectivity index (χ0n) is 10.6. The Kier molecular flexibility index (Phi) is 3.55. The lowest BCUT2D eigenvalue weighted by Crippen LogP contribution is -2.00. The predicted molar refractivity (Wildman–Crippen MR) is 71.8 cm³/mol. The van der Waals surface area contributed by atoms with Crippen LogP contribution in [0.5, 0.6) is 5.75 Å². The fourth-order valence-corrected chi connectivity index (χ4v) is 1.67. The molecular formula is C14H14F2N2O. The number of nitrogens with two attached hydrogens (primary N) is 1. The summed E-state index contributed by atoms with van der Waals surface area (Å²) in [5, 5.41) is 2.76. The van der Waals surface area contributed by atoms with Gasteiger partial charge in [0.05, 0.1) is 24.2 Å². The Hall–Kier alpha value is -2.30. The van der Waals surface area contributed by atoms with Gasteiger partial charge in [0.15, 0.2) is 0 Å². The molecule has 2 rings (SSSR count). The maximum atomic E-state index is 13.7. The van der Waals surface area contributed by atoms with E-state index in [0.717, 1.165) is 12.1 Å². The molecule has 19 heavy (non-hydrogen) atoms. The van der Waals surface area contributed by atoms with Gasteiger partial charge in [-0.3, -0.25) is 0 Å². The minimum absolute atomic E-state index is 0.0416. The molecule has 0 fully saturated rings. The predicted octanol–water partition coefficient (Wildman–Crippen LogP) is 3.61. The van der Waals surface area contributed by atoms with Crippen molar-refractivity contribution in [2.24, 2.45) is 0 Å². The third-order valence-corrected chi connectivity index (χ3v) is 2.78. The van der Waals surface area contributed by atoms with Gasteiger partial charge < -0.3 is 15.8 Å². The first-order valence-electron chi connectivity index (χ1n) is 5.67. The van der Waals surface area contributed by atoms with Crippen LogP contribution in [0.3, 0.4) is 0 Å². The molecule has 0 aliphatic rings. The fourth-order valence-electron chi connectivity index (χ4n) is 1.67. The van der Waals surface area contributed by atoms with E-state index >= 15 is 0 Å². The number of aryl methyl sites for hydroxylation is 1.